The molecule has 1 aromatic heterocycles. The fourth-order valence-electron chi connectivity index (χ4n) is 2.42. The number of carbonyl (C=O) groups excluding carboxylic acids is 1. The summed E-state index contributed by atoms with van der Waals surface area (Å²) in [7, 11) is 0. The van der Waals surface area contributed by atoms with Crippen molar-refractivity contribution in [2.75, 3.05) is 13.1 Å². The predicted octanol–water partition coefficient (Wildman–Crippen LogP) is 2.00. The molecule has 17 heavy (non-hydrogen) atoms. The Bertz CT molecular complexity index is 367. The van der Waals surface area contributed by atoms with Crippen LogP contribution in [0.3, 0.4) is 0 Å². The van der Waals surface area contributed by atoms with Crippen molar-refractivity contribution in [2.24, 2.45) is 11.3 Å². The van der Waals surface area contributed by atoms with E-state index in [1.54, 1.807) is 11.3 Å². The molecular weight excluding hydrogens is 232 g/mol. The van der Waals surface area contributed by atoms with E-state index < -0.39 is 0 Å². The van der Waals surface area contributed by atoms with E-state index in [0.717, 1.165) is 19.5 Å². The van der Waals surface area contributed by atoms with E-state index >= 15 is 0 Å². The van der Waals surface area contributed by atoms with E-state index in [4.69, 9.17) is 0 Å². The molecule has 1 atom stereocenters. The number of thiophene rings is 1. The maximum absolute atomic E-state index is 12.4. The van der Waals surface area contributed by atoms with Crippen LogP contribution >= 0.6 is 11.3 Å². The quantitative estimate of drug-likeness (QED) is 0.860. The summed E-state index contributed by atoms with van der Waals surface area (Å²) >= 11 is 1.68. The molecule has 0 aromatic carbocycles. The Kier molecular flexibility index (Phi) is 3.84. The smallest absolute Gasteiger partial charge is 0.228 e. The van der Waals surface area contributed by atoms with Gasteiger partial charge in [-0.15, -0.1) is 11.3 Å². The van der Waals surface area contributed by atoms with Crippen LogP contribution in [0.15, 0.2) is 17.5 Å². The van der Waals surface area contributed by atoms with E-state index in [0.29, 0.717) is 12.5 Å². The van der Waals surface area contributed by atoms with Crippen molar-refractivity contribution in [3.8, 4) is 0 Å². The minimum Gasteiger partial charge on any atom is -0.351 e. The van der Waals surface area contributed by atoms with Gasteiger partial charge in [-0.2, -0.15) is 0 Å². The molecule has 1 aromatic rings. The Hall–Kier alpha value is -0.870. The third kappa shape index (κ3) is 2.53. The van der Waals surface area contributed by atoms with E-state index in [1.165, 1.54) is 4.88 Å². The van der Waals surface area contributed by atoms with Gasteiger partial charge < -0.3 is 10.6 Å². The highest BCUT2D eigenvalue weighted by Crippen LogP contribution is 2.34. The number of nitrogens with one attached hydrogen (secondary N) is 2. The lowest BCUT2D eigenvalue weighted by Gasteiger charge is -2.31. The standard InChI is InChI=1S/C13H20N2OS/c1-10(2)13(5-6-14-9-13)12(16)15-8-11-4-3-7-17-11/h3-4,7,10,14H,5-6,8-9H2,1-2H3,(H,15,16). The second kappa shape index (κ2) is 5.19. The first-order chi connectivity index (χ1) is 8.15. The molecule has 0 saturated carbocycles. The van der Waals surface area contributed by atoms with E-state index in [-0.39, 0.29) is 11.3 Å². The molecule has 2 N–H and O–H groups in total. The molecule has 2 rings (SSSR count). The second-order valence-corrected chi connectivity index (χ2v) is 6.03. The normalized spacial score (nSPS) is 24.2. The van der Waals surface area contributed by atoms with Crippen LogP contribution in [0.2, 0.25) is 0 Å². The molecule has 94 valence electrons. The lowest BCUT2D eigenvalue weighted by Crippen LogP contribution is -2.45. The minimum absolute atomic E-state index is 0.200. The van der Waals surface area contributed by atoms with Crippen molar-refractivity contribution < 1.29 is 4.79 Å². The van der Waals surface area contributed by atoms with Gasteiger partial charge in [-0.05, 0) is 30.3 Å². The highest BCUT2D eigenvalue weighted by atomic mass is 32.1. The minimum atomic E-state index is -0.211. The van der Waals surface area contributed by atoms with Crippen LogP contribution in [0.4, 0.5) is 0 Å². The summed E-state index contributed by atoms with van der Waals surface area (Å²) in [6.07, 6.45) is 0.945. The zero-order valence-electron chi connectivity index (χ0n) is 10.5. The largest absolute Gasteiger partial charge is 0.351 e. The number of rotatable bonds is 4. The summed E-state index contributed by atoms with van der Waals surface area (Å²) < 4.78 is 0. The second-order valence-electron chi connectivity index (χ2n) is 5.00. The van der Waals surface area contributed by atoms with Crippen LogP contribution in [0, 0.1) is 11.3 Å². The average Bonchev–Trinajstić information content (AvgIpc) is 2.97. The molecule has 1 saturated heterocycles. The van der Waals surface area contributed by atoms with E-state index in [1.807, 2.05) is 11.4 Å². The van der Waals surface area contributed by atoms with Crippen molar-refractivity contribution in [1.29, 1.82) is 0 Å². The Labute approximate surface area is 107 Å². The van der Waals surface area contributed by atoms with Crippen LogP contribution in [-0.4, -0.2) is 19.0 Å². The first kappa shape index (κ1) is 12.6. The molecule has 1 amide bonds. The highest BCUT2D eigenvalue weighted by Gasteiger charge is 2.43. The van der Waals surface area contributed by atoms with E-state index in [9.17, 15) is 4.79 Å². The molecule has 0 bridgehead atoms. The van der Waals surface area contributed by atoms with Gasteiger partial charge in [0.15, 0.2) is 0 Å². The SMILES string of the molecule is CC(C)C1(C(=O)NCc2cccs2)CCNC1. The molecule has 0 aliphatic carbocycles. The first-order valence-electron chi connectivity index (χ1n) is 6.16. The van der Waals surface area contributed by atoms with Gasteiger partial charge in [-0.25, -0.2) is 0 Å². The summed E-state index contributed by atoms with van der Waals surface area (Å²) in [4.78, 5) is 13.6. The lowest BCUT2D eigenvalue weighted by atomic mass is 9.75. The predicted molar refractivity (Wildman–Crippen MR) is 70.9 cm³/mol. The first-order valence-corrected chi connectivity index (χ1v) is 7.04. The Morgan fingerprint density at radius 1 is 1.65 bits per heavy atom. The Morgan fingerprint density at radius 3 is 3.00 bits per heavy atom. The van der Waals surface area contributed by atoms with Crippen LogP contribution in [0.5, 0.6) is 0 Å². The summed E-state index contributed by atoms with van der Waals surface area (Å²) in [5, 5.41) is 8.43. The molecule has 0 radical (unpaired) electrons. The van der Waals surface area contributed by atoms with Crippen molar-refractivity contribution in [3.63, 3.8) is 0 Å². The van der Waals surface area contributed by atoms with Crippen LogP contribution in [0.1, 0.15) is 25.1 Å². The summed E-state index contributed by atoms with van der Waals surface area (Å²) in [6, 6.07) is 4.07. The molecule has 1 fully saturated rings. The Balaban J connectivity index is 1.98. The number of hydrogen-bond donors (Lipinski definition) is 2. The third-order valence-corrected chi connectivity index (χ3v) is 4.63. The number of carbonyl (C=O) groups is 1. The van der Waals surface area contributed by atoms with Gasteiger partial charge in [-0.1, -0.05) is 19.9 Å². The fourth-order valence-corrected chi connectivity index (χ4v) is 3.06. The maximum Gasteiger partial charge on any atom is 0.228 e. The molecule has 1 aliphatic heterocycles. The molecule has 1 aliphatic rings. The monoisotopic (exact) mass is 252 g/mol. The fraction of sp³-hybridized carbons (Fsp3) is 0.615. The van der Waals surface area contributed by atoms with Gasteiger partial charge in [0.25, 0.3) is 0 Å². The van der Waals surface area contributed by atoms with Crippen molar-refractivity contribution in [3.05, 3.63) is 22.4 Å². The van der Waals surface area contributed by atoms with Gasteiger partial charge >= 0.3 is 0 Å². The average molecular weight is 252 g/mol. The van der Waals surface area contributed by atoms with Gasteiger partial charge in [0.05, 0.1) is 12.0 Å². The van der Waals surface area contributed by atoms with Gasteiger partial charge in [0.2, 0.25) is 5.91 Å². The lowest BCUT2D eigenvalue weighted by molar-refractivity contribution is -0.132. The Morgan fingerprint density at radius 2 is 2.47 bits per heavy atom. The molecule has 1 unspecified atom stereocenters. The molecule has 3 nitrogen and oxygen atoms in total. The maximum atomic E-state index is 12.4. The summed E-state index contributed by atoms with van der Waals surface area (Å²) in [6.45, 7) is 6.69. The molecule has 4 heteroatoms. The van der Waals surface area contributed by atoms with E-state index in [2.05, 4.69) is 30.5 Å². The molecular formula is C13H20N2OS. The highest BCUT2D eigenvalue weighted by molar-refractivity contribution is 7.09. The molecule has 2 heterocycles. The number of amides is 1. The van der Waals surface area contributed by atoms with Crippen LogP contribution in [-0.2, 0) is 11.3 Å². The van der Waals surface area contributed by atoms with Gasteiger partial charge in [0.1, 0.15) is 0 Å². The summed E-state index contributed by atoms with van der Waals surface area (Å²) in [5.74, 6) is 0.576. The third-order valence-electron chi connectivity index (χ3n) is 3.75. The van der Waals surface area contributed by atoms with Gasteiger partial charge in [0, 0.05) is 11.4 Å². The van der Waals surface area contributed by atoms with Crippen LogP contribution < -0.4 is 10.6 Å². The molecule has 0 spiro atoms. The van der Waals surface area contributed by atoms with Crippen molar-refractivity contribution >= 4 is 17.2 Å². The zero-order valence-corrected chi connectivity index (χ0v) is 11.3. The topological polar surface area (TPSA) is 41.1 Å². The van der Waals surface area contributed by atoms with Crippen molar-refractivity contribution in [1.82, 2.24) is 10.6 Å². The van der Waals surface area contributed by atoms with Crippen molar-refractivity contribution in [2.45, 2.75) is 26.8 Å². The zero-order chi connectivity index (χ0) is 12.3. The van der Waals surface area contributed by atoms with Gasteiger partial charge in [-0.3, -0.25) is 4.79 Å². The number of hydrogen-bond acceptors (Lipinski definition) is 3. The van der Waals surface area contributed by atoms with Crippen LogP contribution in [0.25, 0.3) is 0 Å². The summed E-state index contributed by atoms with van der Waals surface area (Å²) in [5.41, 5.74) is -0.211.